The normalized spacial score (nSPS) is 24.6. The van der Waals surface area contributed by atoms with E-state index in [0.717, 1.165) is 50.8 Å². The number of benzene rings is 1. The molecule has 0 aliphatic carbocycles. The number of hydrogen-bond donors (Lipinski definition) is 0. The summed E-state index contributed by atoms with van der Waals surface area (Å²) in [4.78, 5) is 2.59. The fourth-order valence-electron chi connectivity index (χ4n) is 3.11. The van der Waals surface area contributed by atoms with Gasteiger partial charge in [0.25, 0.3) is 0 Å². The van der Waals surface area contributed by atoms with Crippen molar-refractivity contribution in [3.63, 3.8) is 0 Å². The van der Waals surface area contributed by atoms with Gasteiger partial charge in [-0.2, -0.15) is 16.1 Å². The second kappa shape index (κ2) is 8.38. The number of hydrogen-bond acceptors (Lipinski definition) is 5. The molecule has 0 bridgehead atoms. The summed E-state index contributed by atoms with van der Waals surface area (Å²) in [6.07, 6.45) is 0.879. The molecule has 0 radical (unpaired) electrons. The van der Waals surface area contributed by atoms with Crippen LogP contribution in [0.4, 0.5) is 0 Å². The lowest BCUT2D eigenvalue weighted by molar-refractivity contribution is 0.0309. The van der Waals surface area contributed by atoms with E-state index in [-0.39, 0.29) is 10.9 Å². The quantitative estimate of drug-likeness (QED) is 0.788. The van der Waals surface area contributed by atoms with Gasteiger partial charge in [0.05, 0.1) is 18.1 Å². The average Bonchev–Trinajstić information content (AvgIpc) is 2.82. The molecular weight excluding hydrogens is 368 g/mol. The Kier molecular flexibility index (Phi) is 6.45. The number of halogens is 1. The molecule has 5 nitrogen and oxygen atoms in total. The molecule has 2 heterocycles. The highest BCUT2D eigenvalue weighted by molar-refractivity contribution is 7.99. The zero-order valence-corrected chi connectivity index (χ0v) is 16.0. The van der Waals surface area contributed by atoms with E-state index in [4.69, 9.17) is 16.3 Å². The maximum absolute atomic E-state index is 13.2. The molecule has 134 valence electrons. The van der Waals surface area contributed by atoms with Gasteiger partial charge in [0.2, 0.25) is 10.0 Å². The van der Waals surface area contributed by atoms with E-state index in [1.54, 1.807) is 28.6 Å². The number of sulfonamides is 1. The molecule has 0 amide bonds. The van der Waals surface area contributed by atoms with Gasteiger partial charge in [0, 0.05) is 43.0 Å². The minimum Gasteiger partial charge on any atom is -0.379 e. The van der Waals surface area contributed by atoms with Crippen LogP contribution < -0.4 is 0 Å². The van der Waals surface area contributed by atoms with Crippen molar-refractivity contribution in [3.05, 3.63) is 29.3 Å². The van der Waals surface area contributed by atoms with Crippen LogP contribution in [0.1, 0.15) is 6.42 Å². The SMILES string of the molecule is O=S(=O)(c1cccc(Cl)c1)N1CCCSCC1CN1CCOCC1. The number of morpholine rings is 1. The topological polar surface area (TPSA) is 49.9 Å². The van der Waals surface area contributed by atoms with Crippen molar-refractivity contribution in [1.29, 1.82) is 0 Å². The number of ether oxygens (including phenoxy) is 1. The smallest absolute Gasteiger partial charge is 0.243 e. The van der Waals surface area contributed by atoms with Gasteiger partial charge in [-0.1, -0.05) is 17.7 Å². The molecule has 2 aliphatic heterocycles. The third kappa shape index (κ3) is 4.45. The second-order valence-electron chi connectivity index (χ2n) is 6.07. The van der Waals surface area contributed by atoms with Crippen LogP contribution in [-0.2, 0) is 14.8 Å². The molecule has 2 aliphatic rings. The Labute approximate surface area is 153 Å². The molecule has 0 saturated carbocycles. The summed E-state index contributed by atoms with van der Waals surface area (Å²) < 4.78 is 33.4. The molecule has 1 atom stereocenters. The first-order chi connectivity index (χ1) is 11.6. The molecule has 0 N–H and O–H groups in total. The third-order valence-electron chi connectivity index (χ3n) is 4.36. The zero-order chi connectivity index (χ0) is 17.0. The van der Waals surface area contributed by atoms with Crippen molar-refractivity contribution in [2.45, 2.75) is 17.4 Å². The fourth-order valence-corrected chi connectivity index (χ4v) is 6.22. The summed E-state index contributed by atoms with van der Waals surface area (Å²) in [5.41, 5.74) is 0. The Morgan fingerprint density at radius 1 is 1.25 bits per heavy atom. The fraction of sp³-hybridized carbons (Fsp3) is 0.625. The molecule has 2 fully saturated rings. The van der Waals surface area contributed by atoms with Crippen LogP contribution in [0.2, 0.25) is 5.02 Å². The van der Waals surface area contributed by atoms with E-state index in [2.05, 4.69) is 4.90 Å². The highest BCUT2D eigenvalue weighted by atomic mass is 35.5. The predicted molar refractivity (Wildman–Crippen MR) is 98.3 cm³/mol. The molecule has 8 heteroatoms. The minimum atomic E-state index is -3.53. The predicted octanol–water partition coefficient (Wildman–Crippen LogP) is 2.17. The summed E-state index contributed by atoms with van der Waals surface area (Å²) >= 11 is 7.85. The van der Waals surface area contributed by atoms with Gasteiger partial charge in [-0.15, -0.1) is 0 Å². The lowest BCUT2D eigenvalue weighted by Crippen LogP contribution is -2.50. The Bertz CT molecular complexity index is 650. The Balaban J connectivity index is 1.83. The molecule has 1 aromatic rings. The van der Waals surface area contributed by atoms with Crippen LogP contribution in [-0.4, -0.2) is 74.6 Å². The summed E-state index contributed by atoms with van der Waals surface area (Å²) in [5, 5.41) is 0.449. The van der Waals surface area contributed by atoms with Crippen LogP contribution >= 0.6 is 23.4 Å². The molecular formula is C16H23ClN2O3S2. The number of thioether (sulfide) groups is 1. The van der Waals surface area contributed by atoms with Crippen molar-refractivity contribution in [1.82, 2.24) is 9.21 Å². The summed E-state index contributed by atoms with van der Waals surface area (Å²) in [6, 6.07) is 6.55. The summed E-state index contributed by atoms with van der Waals surface area (Å²) in [7, 11) is -3.53. The van der Waals surface area contributed by atoms with Crippen LogP contribution in [0.25, 0.3) is 0 Å². The highest BCUT2D eigenvalue weighted by Crippen LogP contribution is 2.26. The third-order valence-corrected chi connectivity index (χ3v) is 7.74. The maximum atomic E-state index is 13.2. The molecule has 3 rings (SSSR count). The first-order valence-electron chi connectivity index (χ1n) is 8.22. The number of rotatable bonds is 4. The van der Waals surface area contributed by atoms with E-state index in [9.17, 15) is 8.42 Å². The maximum Gasteiger partial charge on any atom is 0.243 e. The molecule has 0 aromatic heterocycles. The van der Waals surface area contributed by atoms with Crippen LogP contribution in [0.15, 0.2) is 29.2 Å². The van der Waals surface area contributed by atoms with E-state index in [1.165, 1.54) is 0 Å². The van der Waals surface area contributed by atoms with Crippen LogP contribution in [0.3, 0.4) is 0 Å². The van der Waals surface area contributed by atoms with Crippen molar-refractivity contribution in [2.24, 2.45) is 0 Å². The van der Waals surface area contributed by atoms with E-state index >= 15 is 0 Å². The first-order valence-corrected chi connectivity index (χ1v) is 11.2. The van der Waals surface area contributed by atoms with Crippen molar-refractivity contribution < 1.29 is 13.2 Å². The van der Waals surface area contributed by atoms with Crippen molar-refractivity contribution in [3.8, 4) is 0 Å². The van der Waals surface area contributed by atoms with Crippen molar-refractivity contribution in [2.75, 3.05) is 50.9 Å². The first kappa shape index (κ1) is 18.5. The van der Waals surface area contributed by atoms with Gasteiger partial charge in [0.1, 0.15) is 0 Å². The van der Waals surface area contributed by atoms with Gasteiger partial charge in [-0.25, -0.2) is 8.42 Å². The summed E-state index contributed by atoms with van der Waals surface area (Å²) in [5.74, 6) is 1.83. The molecule has 1 aromatic carbocycles. The second-order valence-corrected chi connectivity index (χ2v) is 9.55. The Hall–Kier alpha value is -0.310. The van der Waals surface area contributed by atoms with Gasteiger partial charge in [0.15, 0.2) is 0 Å². The zero-order valence-electron chi connectivity index (χ0n) is 13.6. The summed E-state index contributed by atoms with van der Waals surface area (Å²) in [6.45, 7) is 4.51. The standard InChI is InChI=1S/C16H23ClN2O3S2/c17-14-3-1-4-16(11-14)24(20,21)19-5-2-10-23-13-15(19)12-18-6-8-22-9-7-18/h1,3-4,11,15H,2,5-10,12-13H2. The van der Waals surface area contributed by atoms with Crippen molar-refractivity contribution >= 4 is 33.4 Å². The van der Waals surface area contributed by atoms with Crippen LogP contribution in [0.5, 0.6) is 0 Å². The Morgan fingerprint density at radius 2 is 2.04 bits per heavy atom. The lowest BCUT2D eigenvalue weighted by Gasteiger charge is -2.35. The van der Waals surface area contributed by atoms with Gasteiger partial charge < -0.3 is 4.74 Å². The lowest BCUT2D eigenvalue weighted by atomic mass is 10.2. The number of nitrogens with zero attached hydrogens (tertiary/aromatic N) is 2. The van der Waals surface area contributed by atoms with Gasteiger partial charge >= 0.3 is 0 Å². The molecule has 0 spiro atoms. The molecule has 1 unspecified atom stereocenters. The highest BCUT2D eigenvalue weighted by Gasteiger charge is 2.34. The molecule has 24 heavy (non-hydrogen) atoms. The Morgan fingerprint density at radius 3 is 2.79 bits per heavy atom. The molecule has 2 saturated heterocycles. The van der Waals surface area contributed by atoms with Crippen LogP contribution in [0, 0.1) is 0 Å². The van der Waals surface area contributed by atoms with E-state index < -0.39 is 10.0 Å². The van der Waals surface area contributed by atoms with Gasteiger partial charge in [-0.05, 0) is 30.4 Å². The monoisotopic (exact) mass is 390 g/mol. The largest absolute Gasteiger partial charge is 0.379 e. The van der Waals surface area contributed by atoms with E-state index in [1.807, 2.05) is 11.8 Å². The minimum absolute atomic E-state index is 0.0143. The van der Waals surface area contributed by atoms with E-state index in [0.29, 0.717) is 11.6 Å². The van der Waals surface area contributed by atoms with Gasteiger partial charge in [-0.3, -0.25) is 4.90 Å². The average molecular weight is 391 g/mol.